The molecule has 2 aromatic carbocycles. The molecule has 4 aromatic rings. The van der Waals surface area contributed by atoms with Crippen molar-refractivity contribution in [2.45, 2.75) is 6.42 Å². The molecule has 7 nitrogen and oxygen atoms in total. The van der Waals surface area contributed by atoms with Gasteiger partial charge in [-0.25, -0.2) is 4.98 Å². The van der Waals surface area contributed by atoms with Gasteiger partial charge in [0.25, 0.3) is 5.78 Å². The number of rotatable bonds is 4. The zero-order valence-corrected chi connectivity index (χ0v) is 17.6. The molecule has 0 saturated carbocycles. The highest BCUT2D eigenvalue weighted by atomic mass is 35.5. The second-order valence-corrected chi connectivity index (χ2v) is 7.95. The van der Waals surface area contributed by atoms with E-state index in [0.29, 0.717) is 43.4 Å². The molecule has 0 unspecified atom stereocenters. The predicted octanol–water partition coefficient (Wildman–Crippen LogP) is 3.34. The number of aromatic nitrogens is 4. The van der Waals surface area contributed by atoms with E-state index < -0.39 is 0 Å². The van der Waals surface area contributed by atoms with Crippen LogP contribution in [0.15, 0.2) is 67.0 Å². The Bertz CT molecular complexity index is 1220. The van der Waals surface area contributed by atoms with Crippen LogP contribution in [0.3, 0.4) is 0 Å². The number of amides is 1. The minimum absolute atomic E-state index is 0.118. The normalized spacial score (nSPS) is 14.2. The van der Waals surface area contributed by atoms with Crippen LogP contribution in [0.5, 0.6) is 0 Å². The largest absolute Gasteiger partial charge is 0.353 e. The quantitative estimate of drug-likeness (QED) is 0.495. The summed E-state index contributed by atoms with van der Waals surface area (Å²) in [4.78, 5) is 25.8. The molecule has 0 atom stereocenters. The van der Waals surface area contributed by atoms with Gasteiger partial charge in [0.2, 0.25) is 5.91 Å². The molecule has 5 rings (SSSR count). The van der Waals surface area contributed by atoms with Gasteiger partial charge in [0.05, 0.1) is 12.1 Å². The topological polar surface area (TPSA) is 66.6 Å². The van der Waals surface area contributed by atoms with Crippen molar-refractivity contribution in [3.63, 3.8) is 0 Å². The first-order valence-electron chi connectivity index (χ1n) is 10.2. The summed E-state index contributed by atoms with van der Waals surface area (Å²) in [5, 5.41) is 5.01. The molecule has 0 N–H and O–H groups in total. The Morgan fingerprint density at radius 2 is 1.77 bits per heavy atom. The van der Waals surface area contributed by atoms with Gasteiger partial charge in [0.15, 0.2) is 0 Å². The molecule has 1 fully saturated rings. The van der Waals surface area contributed by atoms with Crippen molar-refractivity contribution in [3.05, 3.63) is 77.6 Å². The zero-order chi connectivity index (χ0) is 21.2. The van der Waals surface area contributed by atoms with Crippen LogP contribution >= 0.6 is 11.6 Å². The summed E-state index contributed by atoms with van der Waals surface area (Å²) in [5.41, 5.74) is 2.83. The van der Waals surface area contributed by atoms with Crippen LogP contribution in [0.4, 0.5) is 5.82 Å². The van der Waals surface area contributed by atoms with E-state index in [1.54, 1.807) is 4.52 Å². The third kappa shape index (κ3) is 4.09. The predicted molar refractivity (Wildman–Crippen MR) is 120 cm³/mol. The molecule has 1 amide bonds. The summed E-state index contributed by atoms with van der Waals surface area (Å²) in [6.45, 7) is 2.74. The van der Waals surface area contributed by atoms with Crippen LogP contribution in [0.2, 0.25) is 5.02 Å². The number of carbonyl (C=O) groups excluding carboxylic acids is 1. The van der Waals surface area contributed by atoms with Gasteiger partial charge >= 0.3 is 0 Å². The number of hydrogen-bond acceptors (Lipinski definition) is 5. The highest BCUT2D eigenvalue weighted by molar-refractivity contribution is 6.30. The first-order chi connectivity index (χ1) is 15.2. The van der Waals surface area contributed by atoms with Crippen molar-refractivity contribution in [3.8, 4) is 11.3 Å². The molecule has 1 saturated heterocycles. The van der Waals surface area contributed by atoms with Gasteiger partial charge in [-0.15, -0.1) is 0 Å². The van der Waals surface area contributed by atoms with Gasteiger partial charge in [0, 0.05) is 42.8 Å². The van der Waals surface area contributed by atoms with E-state index in [9.17, 15) is 4.79 Å². The highest BCUT2D eigenvalue weighted by Gasteiger charge is 2.24. The van der Waals surface area contributed by atoms with Crippen LogP contribution in [0.1, 0.15) is 5.56 Å². The summed E-state index contributed by atoms with van der Waals surface area (Å²) < 4.78 is 1.76. The van der Waals surface area contributed by atoms with E-state index in [1.807, 2.05) is 65.6 Å². The van der Waals surface area contributed by atoms with Crippen LogP contribution in [0, 0.1) is 0 Å². The summed E-state index contributed by atoms with van der Waals surface area (Å²) in [7, 11) is 0. The fourth-order valence-corrected chi connectivity index (χ4v) is 4.11. The Hall–Kier alpha value is -3.45. The van der Waals surface area contributed by atoms with Gasteiger partial charge in [0.1, 0.15) is 12.1 Å². The molecular weight excluding hydrogens is 412 g/mol. The van der Waals surface area contributed by atoms with E-state index >= 15 is 0 Å². The van der Waals surface area contributed by atoms with Gasteiger partial charge in [-0.05, 0) is 17.7 Å². The molecule has 1 aliphatic heterocycles. The van der Waals surface area contributed by atoms with E-state index in [0.717, 1.165) is 22.6 Å². The minimum Gasteiger partial charge on any atom is -0.353 e. The molecule has 0 bridgehead atoms. The lowest BCUT2D eigenvalue weighted by Crippen LogP contribution is -2.49. The van der Waals surface area contributed by atoms with Crippen LogP contribution in [-0.2, 0) is 11.2 Å². The smallest absolute Gasteiger partial charge is 0.254 e. The maximum atomic E-state index is 12.8. The number of piperazine rings is 1. The zero-order valence-electron chi connectivity index (χ0n) is 16.9. The first kappa shape index (κ1) is 19.5. The average Bonchev–Trinajstić information content (AvgIpc) is 3.28. The Labute approximate surface area is 184 Å². The number of hydrogen-bond donors (Lipinski definition) is 0. The summed E-state index contributed by atoms with van der Waals surface area (Å²) in [5.74, 6) is 1.62. The van der Waals surface area contributed by atoms with Crippen molar-refractivity contribution in [1.29, 1.82) is 0 Å². The molecule has 31 heavy (non-hydrogen) atoms. The Morgan fingerprint density at radius 3 is 2.55 bits per heavy atom. The summed E-state index contributed by atoms with van der Waals surface area (Å²) in [6, 6.07) is 19.6. The number of nitrogens with zero attached hydrogens (tertiary/aromatic N) is 6. The minimum atomic E-state index is 0.118. The molecule has 156 valence electrons. The molecule has 2 aromatic heterocycles. The molecule has 1 aliphatic rings. The van der Waals surface area contributed by atoms with Crippen molar-refractivity contribution >= 4 is 29.1 Å². The molecule has 0 spiro atoms. The van der Waals surface area contributed by atoms with Crippen molar-refractivity contribution < 1.29 is 4.79 Å². The number of benzene rings is 2. The molecule has 0 radical (unpaired) electrons. The van der Waals surface area contributed by atoms with Crippen molar-refractivity contribution in [2.75, 3.05) is 31.1 Å². The standard InChI is InChI=1S/C23H21ClN6O/c24-19-8-4-5-17(13-19)14-22(31)29-11-9-28(10-12-29)21-15-20(18-6-2-1-3-7-18)27-23-25-16-26-30(21)23/h1-8,13,15-16H,9-12,14H2. The average molecular weight is 433 g/mol. The van der Waals surface area contributed by atoms with Crippen LogP contribution < -0.4 is 4.90 Å². The molecule has 8 heteroatoms. The third-order valence-electron chi connectivity index (χ3n) is 5.50. The third-order valence-corrected chi connectivity index (χ3v) is 5.74. The van der Waals surface area contributed by atoms with Crippen molar-refractivity contribution in [2.24, 2.45) is 0 Å². The monoisotopic (exact) mass is 432 g/mol. The number of halogens is 1. The van der Waals surface area contributed by atoms with E-state index in [2.05, 4.69) is 20.0 Å². The summed E-state index contributed by atoms with van der Waals surface area (Å²) in [6.07, 6.45) is 1.88. The van der Waals surface area contributed by atoms with E-state index in [-0.39, 0.29) is 5.91 Å². The van der Waals surface area contributed by atoms with Gasteiger partial charge in [-0.3, -0.25) is 4.79 Å². The Kier molecular flexibility index (Phi) is 5.26. The van der Waals surface area contributed by atoms with Gasteiger partial charge < -0.3 is 9.80 Å². The number of carbonyl (C=O) groups is 1. The maximum Gasteiger partial charge on any atom is 0.254 e. The van der Waals surface area contributed by atoms with Gasteiger partial charge in [-0.1, -0.05) is 54.1 Å². The fourth-order valence-electron chi connectivity index (χ4n) is 3.90. The lowest BCUT2D eigenvalue weighted by Gasteiger charge is -2.36. The van der Waals surface area contributed by atoms with E-state index in [1.165, 1.54) is 6.33 Å². The highest BCUT2D eigenvalue weighted by Crippen LogP contribution is 2.24. The van der Waals surface area contributed by atoms with Crippen LogP contribution in [0.25, 0.3) is 17.0 Å². The number of fused-ring (bicyclic) bond motifs is 1. The molecular formula is C23H21ClN6O. The molecule has 3 heterocycles. The summed E-state index contributed by atoms with van der Waals surface area (Å²) >= 11 is 6.05. The van der Waals surface area contributed by atoms with Crippen LogP contribution in [-0.4, -0.2) is 56.6 Å². The second-order valence-electron chi connectivity index (χ2n) is 7.51. The van der Waals surface area contributed by atoms with Crippen molar-refractivity contribution in [1.82, 2.24) is 24.5 Å². The number of anilines is 1. The van der Waals surface area contributed by atoms with E-state index in [4.69, 9.17) is 11.6 Å². The van der Waals surface area contributed by atoms with Gasteiger partial charge in [-0.2, -0.15) is 14.6 Å². The fraction of sp³-hybridized carbons (Fsp3) is 0.217. The lowest BCUT2D eigenvalue weighted by atomic mass is 10.1. The maximum absolute atomic E-state index is 12.8. The molecule has 0 aliphatic carbocycles. The second kappa shape index (κ2) is 8.35. The Balaban J connectivity index is 1.33. The SMILES string of the molecule is O=C(Cc1cccc(Cl)c1)N1CCN(c2cc(-c3ccccc3)nc3ncnn23)CC1. The first-order valence-corrected chi connectivity index (χ1v) is 10.6. The Morgan fingerprint density at radius 1 is 0.968 bits per heavy atom. The lowest BCUT2D eigenvalue weighted by molar-refractivity contribution is -0.130.